The molecule has 126 valence electrons. The Morgan fingerprint density at radius 1 is 1.46 bits per heavy atom. The number of nitro groups is 1. The molecular weight excluding hydrogens is 334 g/mol. The van der Waals surface area contributed by atoms with E-state index in [1.54, 1.807) is 0 Å². The molecule has 1 heterocycles. The fourth-order valence-corrected chi connectivity index (χ4v) is 2.14. The first kappa shape index (κ1) is 17.4. The maximum absolute atomic E-state index is 12.2. The lowest BCUT2D eigenvalue weighted by Gasteiger charge is -2.08. The van der Waals surface area contributed by atoms with Crippen molar-refractivity contribution in [2.24, 2.45) is 0 Å². The van der Waals surface area contributed by atoms with Crippen LogP contribution in [0.1, 0.15) is 29.3 Å². The minimum atomic E-state index is -0.561. The summed E-state index contributed by atoms with van der Waals surface area (Å²) in [6, 6.07) is 4.25. The quantitative estimate of drug-likeness (QED) is 0.471. The molecule has 0 bridgehead atoms. The van der Waals surface area contributed by atoms with E-state index in [0.29, 0.717) is 6.54 Å². The minimum absolute atomic E-state index is 0.0260. The second-order valence-corrected chi connectivity index (χ2v) is 5.23. The number of carbonyl (C=O) groups is 1. The molecule has 0 aliphatic rings. The molecular formula is C13H15N7O3S. The molecule has 0 spiro atoms. The van der Waals surface area contributed by atoms with E-state index in [4.69, 9.17) is 12.2 Å². The predicted octanol–water partition coefficient (Wildman–Crippen LogP) is 1.43. The largest absolute Gasteiger partial charge is 0.299 e. The van der Waals surface area contributed by atoms with Crippen LogP contribution in [-0.4, -0.2) is 36.2 Å². The summed E-state index contributed by atoms with van der Waals surface area (Å²) in [7, 11) is 0. The second kappa shape index (κ2) is 7.55. The number of carbonyl (C=O) groups excluding carboxylic acids is 1. The maximum atomic E-state index is 12.2. The molecule has 2 N–H and O–H groups in total. The van der Waals surface area contributed by atoms with Crippen LogP contribution in [0.15, 0.2) is 18.2 Å². The molecule has 11 heteroatoms. The summed E-state index contributed by atoms with van der Waals surface area (Å²) in [5, 5.41) is 27.6. The van der Waals surface area contributed by atoms with Gasteiger partial charge in [0.05, 0.1) is 11.5 Å². The van der Waals surface area contributed by atoms with E-state index in [0.717, 1.165) is 6.42 Å². The number of aryl methyl sites for hydroxylation is 1. The van der Waals surface area contributed by atoms with Crippen LogP contribution < -0.4 is 10.6 Å². The molecule has 0 aliphatic heterocycles. The highest BCUT2D eigenvalue weighted by Crippen LogP contribution is 2.20. The van der Waals surface area contributed by atoms with Crippen LogP contribution in [0.3, 0.4) is 0 Å². The Kier molecular flexibility index (Phi) is 5.47. The second-order valence-electron chi connectivity index (χ2n) is 4.82. The summed E-state index contributed by atoms with van der Waals surface area (Å²) in [5.74, 6) is -0.404. The zero-order chi connectivity index (χ0) is 17.7. The number of benzene rings is 1. The average molecular weight is 349 g/mol. The number of nitrogens with one attached hydrogen (secondary N) is 2. The number of hydrogen-bond acceptors (Lipinski definition) is 7. The Hall–Kier alpha value is -2.95. The van der Waals surface area contributed by atoms with E-state index in [9.17, 15) is 14.9 Å². The molecule has 0 saturated carbocycles. The van der Waals surface area contributed by atoms with Gasteiger partial charge in [-0.05, 0) is 36.8 Å². The average Bonchev–Trinajstić information content (AvgIpc) is 2.94. The maximum Gasteiger partial charge on any atom is 0.273 e. The van der Waals surface area contributed by atoms with Gasteiger partial charge in [0, 0.05) is 17.2 Å². The van der Waals surface area contributed by atoms with Crippen molar-refractivity contribution < 1.29 is 9.72 Å². The number of hydrogen-bond donors (Lipinski definition) is 2. The van der Waals surface area contributed by atoms with Crippen molar-refractivity contribution in [3.05, 3.63) is 39.4 Å². The Morgan fingerprint density at radius 3 is 2.88 bits per heavy atom. The van der Waals surface area contributed by atoms with Crippen LogP contribution in [-0.2, 0) is 6.54 Å². The van der Waals surface area contributed by atoms with Gasteiger partial charge in [0.25, 0.3) is 17.5 Å². The number of thiocarbonyl (C=S) groups is 1. The molecule has 0 saturated heterocycles. The van der Waals surface area contributed by atoms with Gasteiger partial charge in [-0.1, -0.05) is 18.1 Å². The number of tetrazole rings is 1. The summed E-state index contributed by atoms with van der Waals surface area (Å²) in [6.45, 7) is 4.09. The van der Waals surface area contributed by atoms with Crippen molar-refractivity contribution in [2.45, 2.75) is 26.8 Å². The highest BCUT2D eigenvalue weighted by molar-refractivity contribution is 7.80. The van der Waals surface area contributed by atoms with Gasteiger partial charge in [0.1, 0.15) is 0 Å². The smallest absolute Gasteiger partial charge is 0.273 e. The number of anilines is 1. The lowest BCUT2D eigenvalue weighted by molar-refractivity contribution is -0.385. The molecule has 1 aromatic heterocycles. The number of rotatable bonds is 5. The summed E-state index contributed by atoms with van der Waals surface area (Å²) in [5.41, 5.74) is 0.288. The molecule has 0 fully saturated rings. The molecule has 10 nitrogen and oxygen atoms in total. The molecule has 2 rings (SSSR count). The Morgan fingerprint density at radius 2 is 2.21 bits per heavy atom. The Balaban J connectivity index is 2.05. The fraction of sp³-hybridized carbons (Fsp3) is 0.308. The standard InChI is InChI=1S/C13H15N7O3S/c1-3-7-19-17-12(16-18-19)15-13(24)14-11(21)9-5-4-6-10(8(9)2)20(22)23/h4-6H,3,7H2,1-2H3,(H2,14,15,17,21,24). The van der Waals surface area contributed by atoms with Crippen LogP contribution in [0.2, 0.25) is 0 Å². The van der Waals surface area contributed by atoms with Crippen LogP contribution in [0.4, 0.5) is 11.6 Å². The number of aromatic nitrogens is 4. The topological polar surface area (TPSA) is 128 Å². The normalized spacial score (nSPS) is 10.2. The first-order valence-corrected chi connectivity index (χ1v) is 7.47. The third kappa shape index (κ3) is 4.07. The first-order chi connectivity index (χ1) is 11.4. The van der Waals surface area contributed by atoms with Gasteiger partial charge in [0.15, 0.2) is 5.11 Å². The van der Waals surface area contributed by atoms with Crippen LogP contribution in [0, 0.1) is 17.0 Å². The van der Waals surface area contributed by atoms with Crippen LogP contribution in [0.25, 0.3) is 0 Å². The Bertz CT molecular complexity index is 790. The van der Waals surface area contributed by atoms with Gasteiger partial charge in [-0.25, -0.2) is 0 Å². The molecule has 0 unspecified atom stereocenters. The van der Waals surface area contributed by atoms with Crippen LogP contribution in [0.5, 0.6) is 0 Å². The van der Waals surface area contributed by atoms with Gasteiger partial charge in [0.2, 0.25) is 0 Å². The van der Waals surface area contributed by atoms with E-state index < -0.39 is 10.8 Å². The summed E-state index contributed by atoms with van der Waals surface area (Å²) in [6.07, 6.45) is 0.850. The first-order valence-electron chi connectivity index (χ1n) is 7.06. The third-order valence-corrected chi connectivity index (χ3v) is 3.28. The zero-order valence-electron chi connectivity index (χ0n) is 13.0. The van der Waals surface area contributed by atoms with Gasteiger partial charge < -0.3 is 0 Å². The van der Waals surface area contributed by atoms with E-state index in [-0.39, 0.29) is 27.9 Å². The summed E-state index contributed by atoms with van der Waals surface area (Å²) in [4.78, 5) is 24.0. The number of nitrogens with zero attached hydrogens (tertiary/aromatic N) is 5. The van der Waals surface area contributed by atoms with Crippen LogP contribution >= 0.6 is 12.2 Å². The van der Waals surface area contributed by atoms with E-state index in [1.807, 2.05) is 6.92 Å². The van der Waals surface area contributed by atoms with Crippen molar-refractivity contribution >= 4 is 34.9 Å². The third-order valence-electron chi connectivity index (χ3n) is 3.08. The zero-order valence-corrected chi connectivity index (χ0v) is 13.8. The fourth-order valence-electron chi connectivity index (χ4n) is 1.96. The van der Waals surface area contributed by atoms with Crippen molar-refractivity contribution in [2.75, 3.05) is 5.32 Å². The minimum Gasteiger partial charge on any atom is -0.299 e. The molecule has 24 heavy (non-hydrogen) atoms. The lowest BCUT2D eigenvalue weighted by Crippen LogP contribution is -2.34. The monoisotopic (exact) mass is 349 g/mol. The van der Waals surface area contributed by atoms with E-state index in [1.165, 1.54) is 29.9 Å². The SMILES string of the molecule is CCCn1nnc(NC(=S)NC(=O)c2cccc([N+](=O)[O-])c2C)n1. The predicted molar refractivity (Wildman–Crippen MR) is 89.6 cm³/mol. The molecule has 0 aliphatic carbocycles. The summed E-state index contributed by atoms with van der Waals surface area (Å²) < 4.78 is 0. The van der Waals surface area contributed by atoms with Crippen molar-refractivity contribution in [1.29, 1.82) is 0 Å². The van der Waals surface area contributed by atoms with E-state index in [2.05, 4.69) is 26.0 Å². The Labute approximate surface area is 142 Å². The van der Waals surface area contributed by atoms with Crippen molar-refractivity contribution in [3.8, 4) is 0 Å². The highest BCUT2D eigenvalue weighted by atomic mass is 32.1. The van der Waals surface area contributed by atoms with Crippen molar-refractivity contribution in [1.82, 2.24) is 25.5 Å². The molecule has 0 atom stereocenters. The van der Waals surface area contributed by atoms with Crippen molar-refractivity contribution in [3.63, 3.8) is 0 Å². The van der Waals surface area contributed by atoms with Gasteiger partial charge >= 0.3 is 0 Å². The molecule has 0 radical (unpaired) electrons. The molecule has 2 aromatic rings. The highest BCUT2D eigenvalue weighted by Gasteiger charge is 2.18. The summed E-state index contributed by atoms with van der Waals surface area (Å²) >= 11 is 5.02. The number of amides is 1. The van der Waals surface area contributed by atoms with E-state index >= 15 is 0 Å². The van der Waals surface area contributed by atoms with Gasteiger partial charge in [-0.2, -0.15) is 4.80 Å². The molecule has 1 aromatic carbocycles. The number of nitro benzene ring substituents is 1. The van der Waals surface area contributed by atoms with Gasteiger partial charge in [-0.15, -0.1) is 5.10 Å². The van der Waals surface area contributed by atoms with Gasteiger partial charge in [-0.3, -0.25) is 25.5 Å². The molecule has 1 amide bonds. The lowest BCUT2D eigenvalue weighted by atomic mass is 10.1.